The zero-order valence-corrected chi connectivity index (χ0v) is 11.7. The highest BCUT2D eigenvalue weighted by molar-refractivity contribution is 7.54. The van der Waals surface area contributed by atoms with Crippen molar-refractivity contribution in [3.63, 3.8) is 0 Å². The summed E-state index contributed by atoms with van der Waals surface area (Å²) in [6.07, 6.45) is 0. The van der Waals surface area contributed by atoms with E-state index in [4.69, 9.17) is 14.8 Å². The first kappa shape index (κ1) is 15.1. The van der Waals surface area contributed by atoms with E-state index in [2.05, 4.69) is 0 Å². The second kappa shape index (κ2) is 4.54. The van der Waals surface area contributed by atoms with E-state index in [1.165, 1.54) is 0 Å². The number of hydrogen-bond acceptors (Lipinski definition) is 4. The Hall–Kier alpha value is 0.110. The van der Waals surface area contributed by atoms with Gasteiger partial charge < -0.3 is 14.8 Å². The molecule has 1 atom stereocenters. The van der Waals surface area contributed by atoms with Crippen LogP contribution in [0.1, 0.15) is 48.5 Å². The lowest BCUT2D eigenvalue weighted by Crippen LogP contribution is -2.30. The standard InChI is InChI=1S/C10H24NO3P/c1-8(11)15(12,13-9(2,3)4)14-10(5,6)7/h8H,11H2,1-7H3. The van der Waals surface area contributed by atoms with E-state index in [9.17, 15) is 4.57 Å². The molecule has 2 N–H and O–H groups in total. The van der Waals surface area contributed by atoms with Crippen molar-refractivity contribution in [2.45, 2.75) is 65.5 Å². The number of rotatable bonds is 3. The third kappa shape index (κ3) is 6.31. The summed E-state index contributed by atoms with van der Waals surface area (Å²) >= 11 is 0. The Morgan fingerprint density at radius 1 is 1.00 bits per heavy atom. The average molecular weight is 237 g/mol. The molecule has 92 valence electrons. The van der Waals surface area contributed by atoms with E-state index < -0.39 is 24.6 Å². The van der Waals surface area contributed by atoms with Gasteiger partial charge in [0.1, 0.15) is 5.78 Å². The van der Waals surface area contributed by atoms with Crippen LogP contribution in [0.25, 0.3) is 0 Å². The van der Waals surface area contributed by atoms with E-state index in [0.29, 0.717) is 0 Å². The summed E-state index contributed by atoms with van der Waals surface area (Å²) in [5.74, 6) is -0.629. The van der Waals surface area contributed by atoms with Gasteiger partial charge in [0.2, 0.25) is 0 Å². The van der Waals surface area contributed by atoms with Crippen LogP contribution in [0, 0.1) is 0 Å². The minimum Gasteiger partial charge on any atom is -0.318 e. The molecule has 5 heteroatoms. The van der Waals surface area contributed by atoms with Crippen molar-refractivity contribution in [3.05, 3.63) is 0 Å². The number of hydrogen-bond donors (Lipinski definition) is 1. The zero-order valence-electron chi connectivity index (χ0n) is 10.8. The van der Waals surface area contributed by atoms with Crippen molar-refractivity contribution in [2.24, 2.45) is 5.73 Å². The molecule has 15 heavy (non-hydrogen) atoms. The van der Waals surface area contributed by atoms with Crippen molar-refractivity contribution >= 4 is 7.60 Å². The van der Waals surface area contributed by atoms with Crippen LogP contribution in [-0.4, -0.2) is 17.0 Å². The van der Waals surface area contributed by atoms with Gasteiger partial charge in [-0.2, -0.15) is 0 Å². The molecule has 0 aromatic rings. The maximum Gasteiger partial charge on any atom is 0.347 e. The first-order valence-corrected chi connectivity index (χ1v) is 6.74. The Bertz CT molecular complexity index is 230. The fourth-order valence-corrected chi connectivity index (χ4v) is 2.85. The van der Waals surface area contributed by atoms with Crippen LogP contribution in [0.4, 0.5) is 0 Å². The van der Waals surface area contributed by atoms with Crippen molar-refractivity contribution in [3.8, 4) is 0 Å². The summed E-state index contributed by atoms with van der Waals surface area (Å²) in [6, 6.07) is 0. The van der Waals surface area contributed by atoms with Crippen LogP contribution in [0.2, 0.25) is 0 Å². The third-order valence-electron chi connectivity index (χ3n) is 1.30. The van der Waals surface area contributed by atoms with Gasteiger partial charge in [0.25, 0.3) is 0 Å². The summed E-state index contributed by atoms with van der Waals surface area (Å²) in [5.41, 5.74) is 4.61. The molecule has 0 aliphatic rings. The van der Waals surface area contributed by atoms with E-state index in [1.54, 1.807) is 6.92 Å². The first-order valence-electron chi connectivity index (χ1n) is 5.12. The van der Waals surface area contributed by atoms with Crippen molar-refractivity contribution in [2.75, 3.05) is 0 Å². The zero-order chi connectivity index (χ0) is 12.5. The average Bonchev–Trinajstić information content (AvgIpc) is 1.75. The van der Waals surface area contributed by atoms with Crippen LogP contribution in [0.5, 0.6) is 0 Å². The van der Waals surface area contributed by atoms with Crippen molar-refractivity contribution < 1.29 is 13.6 Å². The van der Waals surface area contributed by atoms with Crippen LogP contribution in [-0.2, 0) is 13.6 Å². The lowest BCUT2D eigenvalue weighted by atomic mass is 10.2. The van der Waals surface area contributed by atoms with E-state index in [1.807, 2.05) is 41.5 Å². The van der Waals surface area contributed by atoms with Crippen molar-refractivity contribution in [1.29, 1.82) is 0 Å². The Labute approximate surface area is 93.1 Å². The highest BCUT2D eigenvalue weighted by Gasteiger charge is 2.38. The van der Waals surface area contributed by atoms with E-state index in [-0.39, 0.29) is 0 Å². The van der Waals surface area contributed by atoms with Gasteiger partial charge in [-0.3, -0.25) is 4.57 Å². The molecule has 0 aromatic heterocycles. The molecule has 0 spiro atoms. The monoisotopic (exact) mass is 237 g/mol. The second-order valence-electron chi connectivity index (χ2n) is 5.69. The summed E-state index contributed by atoms with van der Waals surface area (Å²) in [6.45, 7) is 12.6. The molecule has 0 radical (unpaired) electrons. The Morgan fingerprint density at radius 2 is 1.27 bits per heavy atom. The first-order chi connectivity index (χ1) is 6.36. The highest BCUT2D eigenvalue weighted by Crippen LogP contribution is 2.56. The molecule has 1 unspecified atom stereocenters. The fourth-order valence-electron chi connectivity index (χ4n) is 0.948. The van der Waals surface area contributed by atoms with Crippen LogP contribution < -0.4 is 5.73 Å². The van der Waals surface area contributed by atoms with Crippen LogP contribution in [0.3, 0.4) is 0 Å². The minimum absolute atomic E-state index is 0.533. The molecular weight excluding hydrogens is 213 g/mol. The third-order valence-corrected chi connectivity index (χ3v) is 3.90. The summed E-state index contributed by atoms with van der Waals surface area (Å²) in [4.78, 5) is 0. The quantitative estimate of drug-likeness (QED) is 0.766. The van der Waals surface area contributed by atoms with Gasteiger partial charge in [-0.25, -0.2) is 0 Å². The van der Waals surface area contributed by atoms with Crippen LogP contribution in [0.15, 0.2) is 0 Å². The van der Waals surface area contributed by atoms with Gasteiger partial charge in [-0.15, -0.1) is 0 Å². The fraction of sp³-hybridized carbons (Fsp3) is 1.00. The molecule has 0 heterocycles. The van der Waals surface area contributed by atoms with Gasteiger partial charge >= 0.3 is 7.60 Å². The van der Waals surface area contributed by atoms with Crippen molar-refractivity contribution in [1.82, 2.24) is 0 Å². The Kier molecular flexibility index (Phi) is 4.57. The van der Waals surface area contributed by atoms with Crippen LogP contribution >= 0.6 is 7.60 Å². The summed E-state index contributed by atoms with van der Waals surface area (Å²) in [5, 5.41) is 0. The van der Waals surface area contributed by atoms with Gasteiger partial charge in [-0.1, -0.05) is 0 Å². The normalized spacial score (nSPS) is 16.5. The van der Waals surface area contributed by atoms with Gasteiger partial charge in [-0.05, 0) is 48.5 Å². The van der Waals surface area contributed by atoms with Gasteiger partial charge in [0.05, 0.1) is 11.2 Å². The Morgan fingerprint density at radius 3 is 1.40 bits per heavy atom. The molecule has 0 aromatic carbocycles. The predicted molar refractivity (Wildman–Crippen MR) is 62.9 cm³/mol. The maximum atomic E-state index is 12.4. The number of nitrogens with two attached hydrogens (primary N) is 1. The molecule has 0 rings (SSSR count). The SMILES string of the molecule is CC(N)P(=O)(OC(C)(C)C)OC(C)(C)C. The molecule has 0 aliphatic carbocycles. The minimum atomic E-state index is -3.26. The molecule has 0 saturated carbocycles. The lowest BCUT2D eigenvalue weighted by molar-refractivity contribution is 0.0458. The molecule has 0 bridgehead atoms. The molecule has 0 amide bonds. The smallest absolute Gasteiger partial charge is 0.318 e. The Balaban J connectivity index is 4.86. The highest BCUT2D eigenvalue weighted by atomic mass is 31.2. The summed E-state index contributed by atoms with van der Waals surface area (Å²) < 4.78 is 23.3. The van der Waals surface area contributed by atoms with Gasteiger partial charge in [0.15, 0.2) is 0 Å². The maximum absolute atomic E-state index is 12.4. The molecule has 0 fully saturated rings. The molecule has 0 aliphatic heterocycles. The predicted octanol–water partition coefficient (Wildman–Crippen LogP) is 3.11. The largest absolute Gasteiger partial charge is 0.347 e. The summed E-state index contributed by atoms with van der Waals surface area (Å²) in [7, 11) is -3.26. The van der Waals surface area contributed by atoms with Gasteiger partial charge in [0, 0.05) is 0 Å². The second-order valence-corrected chi connectivity index (χ2v) is 7.95. The molecule has 0 saturated heterocycles. The van der Waals surface area contributed by atoms with E-state index in [0.717, 1.165) is 0 Å². The topological polar surface area (TPSA) is 61.6 Å². The molecular formula is C10H24NO3P. The lowest BCUT2D eigenvalue weighted by Gasteiger charge is -2.33. The van der Waals surface area contributed by atoms with E-state index >= 15 is 0 Å². The molecule has 4 nitrogen and oxygen atoms in total.